The maximum Gasteiger partial charge on any atom is 0.347 e. The Bertz CT molecular complexity index is 458. The average molecular weight is 238 g/mol. The molecule has 0 aliphatic rings. The van der Waals surface area contributed by atoms with Crippen molar-refractivity contribution >= 4 is 17.9 Å². The molecule has 1 rings (SSSR count). The van der Waals surface area contributed by atoms with Crippen molar-refractivity contribution in [2.24, 2.45) is 5.16 Å². The maximum atomic E-state index is 10.5. The van der Waals surface area contributed by atoms with E-state index in [1.54, 1.807) is 6.07 Å². The number of rotatable bonds is 5. The molecular weight excluding hydrogens is 228 g/mol. The van der Waals surface area contributed by atoms with E-state index in [1.807, 2.05) is 0 Å². The Hall–Kier alpha value is -2.44. The first-order valence-electron chi connectivity index (χ1n) is 4.67. The highest BCUT2D eigenvalue weighted by molar-refractivity contribution is 5.80. The molecule has 0 amide bonds. The fourth-order valence-electron chi connectivity index (χ4n) is 0.946. The Morgan fingerprint density at radius 2 is 2.35 bits per heavy atom. The number of hydrogen-bond acceptors (Lipinski definition) is 5. The van der Waals surface area contributed by atoms with E-state index in [1.165, 1.54) is 31.3 Å². The zero-order valence-corrected chi connectivity index (χ0v) is 8.94. The van der Waals surface area contributed by atoms with Gasteiger partial charge in [0.25, 0.3) is 5.69 Å². The molecule has 0 saturated heterocycles. The fourth-order valence-corrected chi connectivity index (χ4v) is 0.946. The Morgan fingerprint density at radius 3 is 2.94 bits per heavy atom. The van der Waals surface area contributed by atoms with Crippen LogP contribution in [0.2, 0.25) is 0 Å². The van der Waals surface area contributed by atoms with Crippen LogP contribution in [0, 0.1) is 10.1 Å². The normalized spacial score (nSPS) is 12.3. The maximum absolute atomic E-state index is 10.5. The smallest absolute Gasteiger partial charge is 0.347 e. The minimum atomic E-state index is -1.14. The van der Waals surface area contributed by atoms with Crippen molar-refractivity contribution < 1.29 is 19.7 Å². The zero-order chi connectivity index (χ0) is 12.8. The third kappa shape index (κ3) is 3.90. The Kier molecular flexibility index (Phi) is 4.15. The minimum Gasteiger partial charge on any atom is -0.478 e. The number of benzene rings is 1. The van der Waals surface area contributed by atoms with Gasteiger partial charge in [0.1, 0.15) is 0 Å². The summed E-state index contributed by atoms with van der Waals surface area (Å²) in [5.41, 5.74) is 0.386. The molecule has 17 heavy (non-hydrogen) atoms. The standard InChI is InChI=1S/C10H10N2O5/c1-7(10(13)14)17-11-6-8-3-2-4-9(5-8)12(15)16/h2-7H,1H3,(H,13,14)/b11-6-/t7-/m1/s1. The molecule has 1 atom stereocenters. The van der Waals surface area contributed by atoms with Gasteiger partial charge in [0.05, 0.1) is 11.1 Å². The number of hydrogen-bond donors (Lipinski definition) is 1. The van der Waals surface area contributed by atoms with E-state index >= 15 is 0 Å². The van der Waals surface area contributed by atoms with Crippen LogP contribution in [-0.2, 0) is 9.63 Å². The van der Waals surface area contributed by atoms with Gasteiger partial charge in [0.2, 0.25) is 6.10 Å². The van der Waals surface area contributed by atoms with Crippen LogP contribution in [0.1, 0.15) is 12.5 Å². The minimum absolute atomic E-state index is 0.0692. The number of carboxylic acids is 1. The number of non-ortho nitro benzene ring substituents is 1. The number of carboxylic acid groups (broad SMARTS) is 1. The molecule has 0 fully saturated rings. The van der Waals surface area contributed by atoms with E-state index in [0.29, 0.717) is 5.56 Å². The first-order valence-corrected chi connectivity index (χ1v) is 4.67. The summed E-state index contributed by atoms with van der Waals surface area (Å²) in [6.45, 7) is 1.33. The highest BCUT2D eigenvalue weighted by Crippen LogP contribution is 2.11. The Balaban J connectivity index is 2.68. The second kappa shape index (κ2) is 5.59. The first kappa shape index (κ1) is 12.6. The van der Waals surface area contributed by atoms with Crippen LogP contribution >= 0.6 is 0 Å². The lowest BCUT2D eigenvalue weighted by Gasteiger charge is -2.02. The molecule has 0 aromatic heterocycles. The molecule has 7 nitrogen and oxygen atoms in total. The molecule has 0 unspecified atom stereocenters. The molecule has 1 N–H and O–H groups in total. The van der Waals surface area contributed by atoms with Crippen molar-refractivity contribution in [1.29, 1.82) is 0 Å². The lowest BCUT2D eigenvalue weighted by atomic mass is 10.2. The second-order valence-corrected chi connectivity index (χ2v) is 3.17. The van der Waals surface area contributed by atoms with E-state index in [-0.39, 0.29) is 5.69 Å². The van der Waals surface area contributed by atoms with Gasteiger partial charge in [-0.05, 0) is 6.92 Å². The molecule has 1 aromatic carbocycles. The van der Waals surface area contributed by atoms with Crippen LogP contribution in [0.15, 0.2) is 29.4 Å². The van der Waals surface area contributed by atoms with Gasteiger partial charge in [-0.3, -0.25) is 10.1 Å². The van der Waals surface area contributed by atoms with Crippen LogP contribution in [0.25, 0.3) is 0 Å². The molecule has 0 aliphatic carbocycles. The van der Waals surface area contributed by atoms with Crippen molar-refractivity contribution in [3.63, 3.8) is 0 Å². The van der Waals surface area contributed by atoms with Crippen LogP contribution in [0.3, 0.4) is 0 Å². The molecule has 0 heterocycles. The molecule has 7 heteroatoms. The van der Waals surface area contributed by atoms with Crippen molar-refractivity contribution in [3.05, 3.63) is 39.9 Å². The Labute approximate surface area is 96.5 Å². The predicted molar refractivity (Wildman–Crippen MR) is 58.9 cm³/mol. The van der Waals surface area contributed by atoms with Crippen LogP contribution in [0.4, 0.5) is 5.69 Å². The third-order valence-electron chi connectivity index (χ3n) is 1.85. The molecule has 0 bridgehead atoms. The lowest BCUT2D eigenvalue weighted by Crippen LogP contribution is -2.17. The summed E-state index contributed by atoms with van der Waals surface area (Å²) < 4.78 is 0. The van der Waals surface area contributed by atoms with Gasteiger partial charge >= 0.3 is 5.97 Å². The van der Waals surface area contributed by atoms with Gasteiger partial charge in [-0.1, -0.05) is 17.3 Å². The molecular formula is C10H10N2O5. The van der Waals surface area contributed by atoms with E-state index in [4.69, 9.17) is 5.11 Å². The highest BCUT2D eigenvalue weighted by atomic mass is 16.6. The third-order valence-corrected chi connectivity index (χ3v) is 1.85. The zero-order valence-electron chi connectivity index (χ0n) is 8.94. The summed E-state index contributed by atoms with van der Waals surface area (Å²) in [5, 5.41) is 22.4. The largest absolute Gasteiger partial charge is 0.478 e. The highest BCUT2D eigenvalue weighted by Gasteiger charge is 2.10. The van der Waals surface area contributed by atoms with E-state index in [2.05, 4.69) is 9.99 Å². The van der Waals surface area contributed by atoms with Gasteiger partial charge in [-0.15, -0.1) is 0 Å². The number of carbonyl (C=O) groups is 1. The summed E-state index contributed by atoms with van der Waals surface area (Å²) in [5.74, 6) is -1.14. The van der Waals surface area contributed by atoms with Crippen LogP contribution < -0.4 is 0 Å². The van der Waals surface area contributed by atoms with Gasteiger partial charge < -0.3 is 9.94 Å². The van der Waals surface area contributed by atoms with Crippen molar-refractivity contribution in [1.82, 2.24) is 0 Å². The van der Waals surface area contributed by atoms with Crippen molar-refractivity contribution in [2.45, 2.75) is 13.0 Å². The van der Waals surface area contributed by atoms with Gasteiger partial charge in [-0.2, -0.15) is 0 Å². The molecule has 1 aromatic rings. The summed E-state index contributed by atoms with van der Waals surface area (Å²) in [6.07, 6.45) is 0.150. The summed E-state index contributed by atoms with van der Waals surface area (Å²) in [6, 6.07) is 5.74. The van der Waals surface area contributed by atoms with Gasteiger partial charge in [0.15, 0.2) is 0 Å². The number of nitro benzene ring substituents is 1. The average Bonchev–Trinajstić information content (AvgIpc) is 2.29. The van der Waals surface area contributed by atoms with Gasteiger partial charge in [0, 0.05) is 17.7 Å². The molecule has 90 valence electrons. The van der Waals surface area contributed by atoms with E-state index in [0.717, 1.165) is 0 Å². The molecule has 0 aliphatic heterocycles. The van der Waals surface area contributed by atoms with Gasteiger partial charge in [-0.25, -0.2) is 4.79 Å². The SMILES string of the molecule is C[C@@H](O/N=C\c1cccc([N+](=O)[O-])c1)C(=O)O. The predicted octanol–water partition coefficient (Wildman–Crippen LogP) is 1.42. The monoisotopic (exact) mass is 238 g/mol. The van der Waals surface area contributed by atoms with E-state index < -0.39 is 17.0 Å². The van der Waals surface area contributed by atoms with Crippen molar-refractivity contribution in [3.8, 4) is 0 Å². The number of aliphatic carboxylic acids is 1. The molecule has 0 radical (unpaired) electrons. The van der Waals surface area contributed by atoms with Crippen LogP contribution in [-0.4, -0.2) is 28.3 Å². The number of oxime groups is 1. The topological polar surface area (TPSA) is 102 Å². The second-order valence-electron chi connectivity index (χ2n) is 3.17. The summed E-state index contributed by atoms with van der Waals surface area (Å²) in [7, 11) is 0. The summed E-state index contributed by atoms with van der Waals surface area (Å²) in [4.78, 5) is 25.0. The molecule has 0 spiro atoms. The molecule has 0 saturated carbocycles. The summed E-state index contributed by atoms with van der Waals surface area (Å²) >= 11 is 0. The quantitative estimate of drug-likeness (QED) is 0.474. The van der Waals surface area contributed by atoms with Crippen molar-refractivity contribution in [2.75, 3.05) is 0 Å². The number of nitro groups is 1. The lowest BCUT2D eigenvalue weighted by molar-refractivity contribution is -0.384. The van der Waals surface area contributed by atoms with E-state index in [9.17, 15) is 14.9 Å². The van der Waals surface area contributed by atoms with Crippen LogP contribution in [0.5, 0.6) is 0 Å². The first-order chi connectivity index (χ1) is 8.00. The fraction of sp³-hybridized carbons (Fsp3) is 0.200. The number of nitrogens with zero attached hydrogens (tertiary/aromatic N) is 2. The Morgan fingerprint density at radius 1 is 1.65 bits per heavy atom.